The predicted octanol–water partition coefficient (Wildman–Crippen LogP) is 5.40. The summed E-state index contributed by atoms with van der Waals surface area (Å²) in [5.74, 6) is 0.849. The third-order valence-electron chi connectivity index (χ3n) is 4.43. The second-order valence-corrected chi connectivity index (χ2v) is 6.48. The molecule has 0 atom stereocenters. The van der Waals surface area contributed by atoms with E-state index in [1.807, 2.05) is 60.7 Å². The minimum Gasteiger partial charge on any atom is -0.497 e. The van der Waals surface area contributed by atoms with Gasteiger partial charge in [0.05, 0.1) is 24.7 Å². The average molecular weight is 398 g/mol. The van der Waals surface area contributed by atoms with E-state index in [2.05, 4.69) is 20.5 Å². The zero-order valence-corrected chi connectivity index (χ0v) is 16.3. The summed E-state index contributed by atoms with van der Waals surface area (Å²) in [6, 6.07) is 25.5. The molecular formula is C24H19FN4O. The number of hydrogen-bond acceptors (Lipinski definition) is 5. The van der Waals surface area contributed by atoms with Gasteiger partial charge in [0.25, 0.3) is 0 Å². The van der Waals surface area contributed by atoms with Crippen molar-refractivity contribution >= 4 is 12.2 Å². The number of hydrogen-bond donors (Lipinski definition) is 1. The number of ether oxygens (including phenoxy) is 1. The molecule has 0 unspecified atom stereocenters. The standard InChI is InChI=1S/C24H19FN4O/c1-30-21-13-9-19(10-14-21)23-15-22(18-5-3-2-4-6-18)27-24(28-23)29-26-16-17-7-11-20(25)12-8-17/h2-16H,1H3,(H,27,28,29)/b26-16-. The molecule has 3 aromatic carbocycles. The van der Waals surface area contributed by atoms with Gasteiger partial charge in [0.15, 0.2) is 0 Å². The number of nitrogens with zero attached hydrogens (tertiary/aromatic N) is 3. The Morgan fingerprint density at radius 1 is 0.833 bits per heavy atom. The van der Waals surface area contributed by atoms with E-state index in [-0.39, 0.29) is 5.82 Å². The summed E-state index contributed by atoms with van der Waals surface area (Å²) < 4.78 is 18.3. The zero-order valence-electron chi connectivity index (χ0n) is 16.3. The van der Waals surface area contributed by atoms with Crippen molar-refractivity contribution in [3.8, 4) is 28.3 Å². The van der Waals surface area contributed by atoms with Crippen LogP contribution in [0.5, 0.6) is 5.75 Å². The number of aromatic nitrogens is 2. The highest BCUT2D eigenvalue weighted by molar-refractivity contribution is 5.80. The zero-order chi connectivity index (χ0) is 20.8. The first-order chi connectivity index (χ1) is 14.7. The van der Waals surface area contributed by atoms with Crippen molar-refractivity contribution in [2.24, 2.45) is 5.10 Å². The van der Waals surface area contributed by atoms with E-state index in [0.29, 0.717) is 5.95 Å². The van der Waals surface area contributed by atoms with Gasteiger partial charge >= 0.3 is 0 Å². The van der Waals surface area contributed by atoms with E-state index >= 15 is 0 Å². The maximum Gasteiger partial charge on any atom is 0.244 e. The van der Waals surface area contributed by atoms with Crippen LogP contribution in [0.3, 0.4) is 0 Å². The van der Waals surface area contributed by atoms with Crippen LogP contribution in [0.4, 0.5) is 10.3 Å². The van der Waals surface area contributed by atoms with Crippen molar-refractivity contribution in [3.05, 3.63) is 96.3 Å². The number of benzene rings is 3. The van der Waals surface area contributed by atoms with Crippen LogP contribution in [0.15, 0.2) is 90.0 Å². The molecule has 0 aliphatic rings. The van der Waals surface area contributed by atoms with Crippen molar-refractivity contribution in [2.75, 3.05) is 12.5 Å². The second-order valence-electron chi connectivity index (χ2n) is 6.48. The maximum atomic E-state index is 13.0. The van der Waals surface area contributed by atoms with Crippen LogP contribution < -0.4 is 10.2 Å². The Morgan fingerprint density at radius 2 is 1.47 bits per heavy atom. The van der Waals surface area contributed by atoms with Crippen LogP contribution in [0.2, 0.25) is 0 Å². The summed E-state index contributed by atoms with van der Waals surface area (Å²) in [4.78, 5) is 9.18. The van der Waals surface area contributed by atoms with Crippen molar-refractivity contribution in [2.45, 2.75) is 0 Å². The van der Waals surface area contributed by atoms with Gasteiger partial charge in [0, 0.05) is 11.1 Å². The Hall–Kier alpha value is -4.06. The summed E-state index contributed by atoms with van der Waals surface area (Å²) in [7, 11) is 1.63. The number of anilines is 1. The van der Waals surface area contributed by atoms with Crippen LogP contribution in [0.25, 0.3) is 22.5 Å². The molecule has 1 heterocycles. The fourth-order valence-corrected chi connectivity index (χ4v) is 2.88. The van der Waals surface area contributed by atoms with Gasteiger partial charge in [-0.25, -0.2) is 19.8 Å². The SMILES string of the molecule is COc1ccc(-c2cc(-c3ccccc3)nc(N/N=C\c3ccc(F)cc3)n2)cc1. The van der Waals surface area contributed by atoms with Gasteiger partial charge in [0.1, 0.15) is 11.6 Å². The normalized spacial score (nSPS) is 10.9. The molecule has 1 aromatic heterocycles. The van der Waals surface area contributed by atoms with Gasteiger partial charge in [-0.2, -0.15) is 5.10 Å². The lowest BCUT2D eigenvalue weighted by atomic mass is 10.1. The Balaban J connectivity index is 1.67. The quantitative estimate of drug-likeness (QED) is 0.349. The first-order valence-corrected chi connectivity index (χ1v) is 9.35. The summed E-state index contributed by atoms with van der Waals surface area (Å²) in [5, 5.41) is 4.20. The van der Waals surface area contributed by atoms with Crippen LogP contribution in [0, 0.1) is 5.82 Å². The van der Waals surface area contributed by atoms with Crippen LogP contribution >= 0.6 is 0 Å². The largest absolute Gasteiger partial charge is 0.497 e. The number of hydrazone groups is 1. The van der Waals surface area contributed by atoms with E-state index in [9.17, 15) is 4.39 Å². The summed E-state index contributed by atoms with van der Waals surface area (Å²) >= 11 is 0. The third kappa shape index (κ3) is 4.67. The third-order valence-corrected chi connectivity index (χ3v) is 4.43. The Bertz CT molecular complexity index is 1140. The van der Waals surface area contributed by atoms with Crippen LogP contribution in [-0.2, 0) is 0 Å². The molecule has 1 N–H and O–H groups in total. The fourth-order valence-electron chi connectivity index (χ4n) is 2.88. The number of methoxy groups -OCH3 is 1. The Labute approximate surface area is 173 Å². The molecule has 6 heteroatoms. The monoisotopic (exact) mass is 398 g/mol. The highest BCUT2D eigenvalue weighted by atomic mass is 19.1. The maximum absolute atomic E-state index is 13.0. The van der Waals surface area contributed by atoms with Gasteiger partial charge < -0.3 is 4.74 Å². The number of halogens is 1. The molecule has 0 saturated carbocycles. The molecule has 0 amide bonds. The number of rotatable bonds is 6. The summed E-state index contributed by atoms with van der Waals surface area (Å²) in [6.07, 6.45) is 1.59. The molecule has 148 valence electrons. The molecule has 0 saturated heterocycles. The van der Waals surface area contributed by atoms with Crippen molar-refractivity contribution in [1.29, 1.82) is 0 Å². The lowest BCUT2D eigenvalue weighted by molar-refractivity contribution is 0.415. The van der Waals surface area contributed by atoms with Crippen LogP contribution in [-0.4, -0.2) is 23.3 Å². The van der Waals surface area contributed by atoms with E-state index in [1.54, 1.807) is 25.5 Å². The molecule has 4 aromatic rings. The molecule has 0 bridgehead atoms. The molecule has 5 nitrogen and oxygen atoms in total. The van der Waals surface area contributed by atoms with E-state index in [4.69, 9.17) is 4.74 Å². The van der Waals surface area contributed by atoms with Gasteiger partial charge in [-0.15, -0.1) is 0 Å². The Kier molecular flexibility index (Phi) is 5.75. The van der Waals surface area contributed by atoms with E-state index in [1.165, 1.54) is 12.1 Å². The number of nitrogens with one attached hydrogen (secondary N) is 1. The molecule has 0 aliphatic heterocycles. The first-order valence-electron chi connectivity index (χ1n) is 9.35. The molecule has 0 fully saturated rings. The average Bonchev–Trinajstić information content (AvgIpc) is 2.81. The summed E-state index contributed by atoms with van der Waals surface area (Å²) in [5.41, 5.74) is 7.08. The molecule has 4 rings (SSSR count). The minimum absolute atomic E-state index is 0.289. The second kappa shape index (κ2) is 8.96. The Morgan fingerprint density at radius 3 is 2.10 bits per heavy atom. The molecule has 0 aliphatic carbocycles. The van der Waals surface area contributed by atoms with Gasteiger partial charge in [-0.05, 0) is 48.0 Å². The minimum atomic E-state index is -0.289. The molecule has 0 spiro atoms. The first kappa shape index (κ1) is 19.3. The van der Waals surface area contributed by atoms with Gasteiger partial charge in [-0.3, -0.25) is 0 Å². The highest BCUT2D eigenvalue weighted by Gasteiger charge is 2.08. The molecule has 0 radical (unpaired) electrons. The van der Waals surface area contributed by atoms with Crippen molar-refractivity contribution in [1.82, 2.24) is 9.97 Å². The highest BCUT2D eigenvalue weighted by Crippen LogP contribution is 2.26. The van der Waals surface area contributed by atoms with Crippen LogP contribution in [0.1, 0.15) is 5.56 Å². The summed E-state index contributed by atoms with van der Waals surface area (Å²) in [6.45, 7) is 0. The van der Waals surface area contributed by atoms with Gasteiger partial charge in [-0.1, -0.05) is 42.5 Å². The van der Waals surface area contributed by atoms with Crippen molar-refractivity contribution < 1.29 is 9.13 Å². The fraction of sp³-hybridized carbons (Fsp3) is 0.0417. The van der Waals surface area contributed by atoms with E-state index in [0.717, 1.165) is 33.8 Å². The van der Waals surface area contributed by atoms with Gasteiger partial charge in [0.2, 0.25) is 5.95 Å². The smallest absolute Gasteiger partial charge is 0.244 e. The van der Waals surface area contributed by atoms with E-state index < -0.39 is 0 Å². The topological polar surface area (TPSA) is 59.4 Å². The lowest BCUT2D eigenvalue weighted by Crippen LogP contribution is -2.00. The molecular weight excluding hydrogens is 379 g/mol. The predicted molar refractivity (Wildman–Crippen MR) is 117 cm³/mol. The lowest BCUT2D eigenvalue weighted by Gasteiger charge is -2.09. The van der Waals surface area contributed by atoms with Crippen molar-refractivity contribution in [3.63, 3.8) is 0 Å². The molecule has 30 heavy (non-hydrogen) atoms.